The molecule has 0 aromatic heterocycles. The lowest BCUT2D eigenvalue weighted by Gasteiger charge is -2.37. The van der Waals surface area contributed by atoms with Crippen LogP contribution in [0.2, 0.25) is 0 Å². The molecule has 1 aliphatic rings. The lowest BCUT2D eigenvalue weighted by Crippen LogP contribution is -2.52. The van der Waals surface area contributed by atoms with Crippen molar-refractivity contribution in [3.05, 3.63) is 12.2 Å². The van der Waals surface area contributed by atoms with Crippen LogP contribution in [0.25, 0.3) is 0 Å². The van der Waals surface area contributed by atoms with Gasteiger partial charge in [-0.2, -0.15) is 0 Å². The first-order chi connectivity index (χ1) is 28.4. The Kier molecular flexibility index (Phi) is 39.2. The van der Waals surface area contributed by atoms with Crippen LogP contribution in [0.4, 0.5) is 0 Å². The molecule has 344 valence electrons. The third-order valence-electron chi connectivity index (χ3n) is 12.2. The Morgan fingerprint density at radius 3 is 1.38 bits per heavy atom. The van der Waals surface area contributed by atoms with Gasteiger partial charge in [-0.05, 0) is 19.3 Å². The Hall–Kier alpha value is -1.03. The predicted molar refractivity (Wildman–Crippen MR) is 243 cm³/mol. The zero-order chi connectivity index (χ0) is 42.2. The highest BCUT2D eigenvalue weighted by molar-refractivity contribution is 5.76. The van der Waals surface area contributed by atoms with E-state index in [1.165, 1.54) is 193 Å². The molecule has 6 atom stereocenters. The molecule has 1 heterocycles. The van der Waals surface area contributed by atoms with Crippen LogP contribution in [-0.2, 0) is 14.3 Å². The molecule has 8 heteroatoms. The Labute approximate surface area is 358 Å². The van der Waals surface area contributed by atoms with Gasteiger partial charge in [0.25, 0.3) is 0 Å². The summed E-state index contributed by atoms with van der Waals surface area (Å²) in [6.45, 7) is 4.09. The van der Waals surface area contributed by atoms with Crippen LogP contribution in [0, 0.1) is 0 Å². The summed E-state index contributed by atoms with van der Waals surface area (Å²) in [6, 6.07) is -0.708. The van der Waals surface area contributed by atoms with Gasteiger partial charge in [-0.15, -0.1) is 0 Å². The summed E-state index contributed by atoms with van der Waals surface area (Å²) in [5.74, 6) is -0.122. The van der Waals surface area contributed by atoms with Gasteiger partial charge >= 0.3 is 0 Å². The van der Waals surface area contributed by atoms with Gasteiger partial charge in [0, 0.05) is 12.8 Å². The maximum atomic E-state index is 13.0. The smallest absolute Gasteiger partial charge is 0.220 e. The third kappa shape index (κ3) is 32.7. The molecule has 4 unspecified atom stereocenters. The molecule has 1 fully saturated rings. The molecule has 1 amide bonds. The topological polar surface area (TPSA) is 128 Å². The molecule has 0 radical (unpaired) electrons. The first kappa shape index (κ1) is 55.0. The van der Waals surface area contributed by atoms with Crippen molar-refractivity contribution in [2.45, 2.75) is 288 Å². The zero-order valence-electron chi connectivity index (χ0n) is 38.2. The average molecular weight is 824 g/mol. The highest BCUT2D eigenvalue weighted by atomic mass is 16.7. The second-order valence-electron chi connectivity index (χ2n) is 17.9. The Morgan fingerprint density at radius 2 is 0.983 bits per heavy atom. The third-order valence-corrected chi connectivity index (χ3v) is 12.2. The Morgan fingerprint density at radius 1 is 0.603 bits per heavy atom. The summed E-state index contributed by atoms with van der Waals surface area (Å²) in [4.78, 5) is 13.0. The highest BCUT2D eigenvalue weighted by Crippen LogP contribution is 2.22. The quantitative estimate of drug-likeness (QED) is 0.0306. The van der Waals surface area contributed by atoms with Crippen molar-refractivity contribution >= 4 is 5.91 Å². The largest absolute Gasteiger partial charge is 0.394 e. The van der Waals surface area contributed by atoms with E-state index in [1.54, 1.807) is 6.08 Å². The molecule has 0 aliphatic carbocycles. The number of carbonyl (C=O) groups excluding carboxylic acids is 1. The normalized spacial score (nSPS) is 19.6. The molecule has 8 nitrogen and oxygen atoms in total. The molecular formula is C50H97NO7. The molecule has 0 spiro atoms. The number of ether oxygens (including phenoxy) is 2. The molecule has 1 rings (SSSR count). The molecular weight excluding hydrogens is 727 g/mol. The van der Waals surface area contributed by atoms with E-state index < -0.39 is 43.4 Å². The van der Waals surface area contributed by atoms with Crippen molar-refractivity contribution < 1.29 is 34.7 Å². The maximum Gasteiger partial charge on any atom is 0.220 e. The predicted octanol–water partition coefficient (Wildman–Crippen LogP) is 12.3. The lowest BCUT2D eigenvalue weighted by atomic mass is 10.0. The van der Waals surface area contributed by atoms with E-state index in [0.717, 1.165) is 32.1 Å². The number of rotatable bonds is 43. The Bertz CT molecular complexity index is 903. The van der Waals surface area contributed by atoms with Crippen molar-refractivity contribution in [1.29, 1.82) is 0 Å². The van der Waals surface area contributed by atoms with Gasteiger partial charge in [0.2, 0.25) is 5.91 Å². The van der Waals surface area contributed by atoms with Crippen LogP contribution in [0.5, 0.6) is 0 Å². The molecule has 1 saturated heterocycles. The second kappa shape index (κ2) is 41.3. The summed E-state index contributed by atoms with van der Waals surface area (Å²) in [5.41, 5.74) is 0. The highest BCUT2D eigenvalue weighted by Gasteiger charge is 2.37. The first-order valence-corrected chi connectivity index (χ1v) is 25.3. The van der Waals surface area contributed by atoms with Crippen molar-refractivity contribution in [3.63, 3.8) is 0 Å². The maximum absolute atomic E-state index is 13.0. The summed E-state index contributed by atoms with van der Waals surface area (Å²) in [6.07, 6.45) is 45.0. The van der Waals surface area contributed by atoms with E-state index in [-0.39, 0.29) is 18.9 Å². The van der Waals surface area contributed by atoms with Gasteiger partial charge in [0.05, 0.1) is 31.5 Å². The summed E-state index contributed by atoms with van der Waals surface area (Å²) in [7, 11) is 0. The van der Waals surface area contributed by atoms with Crippen molar-refractivity contribution in [3.8, 4) is 0 Å². The number of hydrogen-bond donors (Lipinski definition) is 5. The SMILES string of the molecule is CCCCCCCCCCCCC/C=C/[C@@H](O)[C@H](COC1OC(CO)C(O)CC1O)NC(=O)CCCCCCCCCCCCCCCCCCCCCCCCC. The molecule has 0 saturated carbocycles. The van der Waals surface area contributed by atoms with E-state index in [1.807, 2.05) is 6.08 Å². The van der Waals surface area contributed by atoms with E-state index in [4.69, 9.17) is 9.47 Å². The Balaban J connectivity index is 2.20. The van der Waals surface area contributed by atoms with Gasteiger partial charge in [-0.25, -0.2) is 0 Å². The summed E-state index contributed by atoms with van der Waals surface area (Å²) >= 11 is 0. The standard InChI is InChI=1S/C50H97NO7/c1-3-5-7-9-11-13-15-17-18-19-20-21-22-23-24-25-26-28-30-32-34-36-38-40-49(56)51-44(43-57-50-47(55)41-46(54)48(42-52)58-50)45(53)39-37-35-33-31-29-27-16-14-12-10-8-6-4-2/h37,39,44-48,50,52-55H,3-36,38,40-43H2,1-2H3,(H,51,56)/b39-37+/t44-,45+,46?,47?,48?,50?/m0/s1. The first-order valence-electron chi connectivity index (χ1n) is 25.3. The molecule has 5 N–H and O–H groups in total. The number of allylic oxidation sites excluding steroid dienone is 1. The molecule has 1 aliphatic heterocycles. The summed E-state index contributed by atoms with van der Waals surface area (Å²) < 4.78 is 11.4. The number of amides is 1. The number of carbonyl (C=O) groups is 1. The monoisotopic (exact) mass is 824 g/mol. The molecule has 0 aromatic carbocycles. The second-order valence-corrected chi connectivity index (χ2v) is 17.9. The van der Waals surface area contributed by atoms with Crippen molar-refractivity contribution in [2.24, 2.45) is 0 Å². The van der Waals surface area contributed by atoms with E-state index in [2.05, 4.69) is 19.2 Å². The van der Waals surface area contributed by atoms with Crippen LogP contribution in [0.15, 0.2) is 12.2 Å². The minimum atomic E-state index is -1.07. The minimum absolute atomic E-state index is 0.0217. The van der Waals surface area contributed by atoms with Gasteiger partial charge in [0.1, 0.15) is 12.2 Å². The fourth-order valence-corrected chi connectivity index (χ4v) is 8.25. The van der Waals surface area contributed by atoms with Crippen LogP contribution >= 0.6 is 0 Å². The van der Waals surface area contributed by atoms with Crippen LogP contribution in [0.1, 0.15) is 251 Å². The zero-order valence-corrected chi connectivity index (χ0v) is 38.2. The van der Waals surface area contributed by atoms with Crippen LogP contribution in [-0.4, -0.2) is 76.3 Å². The molecule has 0 bridgehead atoms. The number of unbranched alkanes of at least 4 members (excludes halogenated alkanes) is 33. The number of nitrogens with one attached hydrogen (secondary N) is 1. The van der Waals surface area contributed by atoms with Gasteiger partial charge in [-0.1, -0.05) is 231 Å². The van der Waals surface area contributed by atoms with E-state index in [0.29, 0.717) is 6.42 Å². The van der Waals surface area contributed by atoms with Crippen LogP contribution in [0.3, 0.4) is 0 Å². The van der Waals surface area contributed by atoms with Crippen molar-refractivity contribution in [1.82, 2.24) is 5.32 Å². The summed E-state index contributed by atoms with van der Waals surface area (Å²) in [5, 5.41) is 44.0. The number of hydrogen-bond acceptors (Lipinski definition) is 7. The fourth-order valence-electron chi connectivity index (χ4n) is 8.25. The fraction of sp³-hybridized carbons (Fsp3) is 0.940. The molecule has 58 heavy (non-hydrogen) atoms. The number of aliphatic hydroxyl groups is 4. The average Bonchev–Trinajstić information content (AvgIpc) is 3.21. The van der Waals surface area contributed by atoms with E-state index >= 15 is 0 Å². The van der Waals surface area contributed by atoms with Gasteiger partial charge < -0.3 is 35.2 Å². The minimum Gasteiger partial charge on any atom is -0.394 e. The van der Waals surface area contributed by atoms with Gasteiger partial charge in [0.15, 0.2) is 6.29 Å². The van der Waals surface area contributed by atoms with Gasteiger partial charge in [-0.3, -0.25) is 4.79 Å². The lowest BCUT2D eigenvalue weighted by molar-refractivity contribution is -0.272. The van der Waals surface area contributed by atoms with Crippen LogP contribution < -0.4 is 5.32 Å². The van der Waals surface area contributed by atoms with E-state index in [9.17, 15) is 25.2 Å². The van der Waals surface area contributed by atoms with Crippen molar-refractivity contribution in [2.75, 3.05) is 13.2 Å². The molecule has 0 aromatic rings. The number of aliphatic hydroxyl groups excluding tert-OH is 4.